The Kier molecular flexibility index (Phi) is 1.78. The van der Waals surface area contributed by atoms with Crippen LogP contribution < -0.4 is 0 Å². The Morgan fingerprint density at radius 3 is 2.40 bits per heavy atom. The summed E-state index contributed by atoms with van der Waals surface area (Å²) in [5.41, 5.74) is -0.200. The maximum atomic E-state index is 11.6. The molecule has 3 nitrogen and oxygen atoms in total. The van der Waals surface area contributed by atoms with Crippen molar-refractivity contribution in [2.45, 2.75) is 49.2 Å². The van der Waals surface area contributed by atoms with Crippen LogP contribution in [-0.4, -0.2) is 23.7 Å². The van der Waals surface area contributed by atoms with Crippen LogP contribution in [0.15, 0.2) is 0 Å². The standard InChI is InChI=1S/C11H15ClO3/c1-14-8(13)11(12)10(15-11)7-6-9(10)4-2-3-5-9/h2-7H2,1H3. The molecule has 0 bridgehead atoms. The fourth-order valence-corrected chi connectivity index (χ4v) is 4.13. The molecule has 0 N–H and O–H groups in total. The number of alkyl halides is 1. The molecule has 2 spiro atoms. The van der Waals surface area contributed by atoms with Gasteiger partial charge in [0.05, 0.1) is 7.11 Å². The monoisotopic (exact) mass is 230 g/mol. The molecule has 0 aromatic carbocycles. The summed E-state index contributed by atoms with van der Waals surface area (Å²) < 4.78 is 10.3. The maximum Gasteiger partial charge on any atom is 0.357 e. The van der Waals surface area contributed by atoms with Gasteiger partial charge < -0.3 is 9.47 Å². The topological polar surface area (TPSA) is 38.8 Å². The number of carbonyl (C=O) groups is 1. The molecule has 2 unspecified atom stereocenters. The van der Waals surface area contributed by atoms with Crippen molar-refractivity contribution < 1.29 is 14.3 Å². The Balaban J connectivity index is 1.87. The van der Waals surface area contributed by atoms with E-state index in [0.717, 1.165) is 25.7 Å². The molecular formula is C11H15ClO3. The van der Waals surface area contributed by atoms with E-state index in [1.807, 2.05) is 0 Å². The highest BCUT2D eigenvalue weighted by molar-refractivity contribution is 6.36. The van der Waals surface area contributed by atoms with Crippen molar-refractivity contribution in [3.8, 4) is 0 Å². The Morgan fingerprint density at radius 2 is 1.93 bits per heavy atom. The molecule has 0 radical (unpaired) electrons. The first-order valence-electron chi connectivity index (χ1n) is 5.58. The zero-order chi connectivity index (χ0) is 10.7. The molecule has 1 aliphatic heterocycles. The Labute approximate surface area is 94.1 Å². The SMILES string of the molecule is COC(=O)C1(Cl)OC12CCC21CCCC1. The van der Waals surface area contributed by atoms with E-state index in [4.69, 9.17) is 21.1 Å². The van der Waals surface area contributed by atoms with Gasteiger partial charge in [-0.15, -0.1) is 0 Å². The summed E-state index contributed by atoms with van der Waals surface area (Å²) in [4.78, 5) is 11.6. The summed E-state index contributed by atoms with van der Waals surface area (Å²) >= 11 is 6.23. The quantitative estimate of drug-likeness (QED) is 0.394. The van der Waals surface area contributed by atoms with Crippen molar-refractivity contribution in [2.75, 3.05) is 7.11 Å². The van der Waals surface area contributed by atoms with Crippen LogP contribution in [0.5, 0.6) is 0 Å². The molecule has 1 saturated heterocycles. The van der Waals surface area contributed by atoms with Crippen molar-refractivity contribution in [2.24, 2.45) is 5.41 Å². The minimum atomic E-state index is -1.16. The lowest BCUT2D eigenvalue weighted by molar-refractivity contribution is -0.144. The molecule has 84 valence electrons. The van der Waals surface area contributed by atoms with E-state index in [9.17, 15) is 4.79 Å². The Hall–Kier alpha value is -0.280. The molecule has 2 saturated carbocycles. The van der Waals surface area contributed by atoms with Crippen molar-refractivity contribution in [3.05, 3.63) is 0 Å². The fraction of sp³-hybridized carbons (Fsp3) is 0.909. The maximum absolute atomic E-state index is 11.6. The van der Waals surface area contributed by atoms with Crippen LogP contribution in [0.3, 0.4) is 0 Å². The van der Waals surface area contributed by atoms with Gasteiger partial charge in [0.1, 0.15) is 5.60 Å². The molecule has 0 amide bonds. The van der Waals surface area contributed by atoms with E-state index in [1.165, 1.54) is 20.0 Å². The lowest BCUT2D eigenvalue weighted by Crippen LogP contribution is -2.52. The average Bonchev–Trinajstić information content (AvgIpc) is 2.67. The molecule has 0 aromatic rings. The summed E-state index contributed by atoms with van der Waals surface area (Å²) in [5.74, 6) is -0.421. The molecular weight excluding hydrogens is 216 g/mol. The number of hydrogen-bond donors (Lipinski definition) is 0. The van der Waals surface area contributed by atoms with Gasteiger partial charge in [-0.1, -0.05) is 24.4 Å². The van der Waals surface area contributed by atoms with Crippen LogP contribution in [0.4, 0.5) is 0 Å². The second kappa shape index (κ2) is 2.69. The number of ether oxygens (including phenoxy) is 2. The summed E-state index contributed by atoms with van der Waals surface area (Å²) in [6.45, 7) is 0. The molecule has 2 atom stereocenters. The lowest BCUT2D eigenvalue weighted by atomic mass is 9.57. The molecule has 1 heterocycles. The molecule has 3 aliphatic rings. The Bertz CT molecular complexity index is 324. The smallest absolute Gasteiger partial charge is 0.357 e. The molecule has 2 aliphatic carbocycles. The zero-order valence-electron chi connectivity index (χ0n) is 8.85. The van der Waals surface area contributed by atoms with Gasteiger partial charge in [0.25, 0.3) is 5.06 Å². The fourth-order valence-electron chi connectivity index (χ4n) is 3.62. The van der Waals surface area contributed by atoms with E-state index in [-0.39, 0.29) is 11.0 Å². The minimum Gasteiger partial charge on any atom is -0.466 e. The average molecular weight is 231 g/mol. The van der Waals surface area contributed by atoms with E-state index in [1.54, 1.807) is 0 Å². The van der Waals surface area contributed by atoms with Crippen LogP contribution in [0.1, 0.15) is 38.5 Å². The zero-order valence-corrected chi connectivity index (χ0v) is 9.60. The van der Waals surface area contributed by atoms with Gasteiger partial charge >= 0.3 is 5.97 Å². The Morgan fingerprint density at radius 1 is 1.27 bits per heavy atom. The number of carbonyl (C=O) groups excluding carboxylic acids is 1. The van der Waals surface area contributed by atoms with Gasteiger partial charge in [-0.05, 0) is 25.7 Å². The number of esters is 1. The van der Waals surface area contributed by atoms with Crippen LogP contribution in [0.25, 0.3) is 0 Å². The second-order valence-electron chi connectivity index (χ2n) is 5.00. The summed E-state index contributed by atoms with van der Waals surface area (Å²) in [7, 11) is 1.36. The molecule has 3 rings (SSSR count). The van der Waals surface area contributed by atoms with E-state index in [0.29, 0.717) is 0 Å². The first kappa shape index (κ1) is 9.91. The van der Waals surface area contributed by atoms with Gasteiger partial charge in [-0.2, -0.15) is 0 Å². The highest BCUT2D eigenvalue weighted by Gasteiger charge is 2.86. The van der Waals surface area contributed by atoms with Gasteiger partial charge in [0.2, 0.25) is 0 Å². The number of epoxide rings is 1. The highest BCUT2D eigenvalue weighted by Crippen LogP contribution is 2.75. The van der Waals surface area contributed by atoms with Crippen LogP contribution in [-0.2, 0) is 14.3 Å². The molecule has 0 aromatic heterocycles. The highest BCUT2D eigenvalue weighted by atomic mass is 35.5. The van der Waals surface area contributed by atoms with E-state index in [2.05, 4.69) is 0 Å². The third-order valence-corrected chi connectivity index (χ3v) is 5.15. The van der Waals surface area contributed by atoms with Gasteiger partial charge in [0.15, 0.2) is 0 Å². The van der Waals surface area contributed by atoms with Crippen molar-refractivity contribution in [1.29, 1.82) is 0 Å². The van der Waals surface area contributed by atoms with Crippen LogP contribution >= 0.6 is 11.6 Å². The predicted molar refractivity (Wildman–Crippen MR) is 54.6 cm³/mol. The first-order valence-corrected chi connectivity index (χ1v) is 5.96. The van der Waals surface area contributed by atoms with E-state index >= 15 is 0 Å². The van der Waals surface area contributed by atoms with Crippen molar-refractivity contribution >= 4 is 17.6 Å². The van der Waals surface area contributed by atoms with Crippen LogP contribution in [0, 0.1) is 5.41 Å². The number of halogens is 1. The molecule has 15 heavy (non-hydrogen) atoms. The summed E-state index contributed by atoms with van der Waals surface area (Å²) in [5, 5.41) is -1.16. The second-order valence-corrected chi connectivity index (χ2v) is 5.54. The third-order valence-electron chi connectivity index (χ3n) is 4.61. The summed E-state index contributed by atoms with van der Waals surface area (Å²) in [6.07, 6.45) is 6.83. The molecule has 4 heteroatoms. The van der Waals surface area contributed by atoms with Crippen molar-refractivity contribution in [3.63, 3.8) is 0 Å². The minimum absolute atomic E-state index is 0.183. The first-order chi connectivity index (χ1) is 7.10. The van der Waals surface area contributed by atoms with E-state index < -0.39 is 11.0 Å². The number of hydrogen-bond acceptors (Lipinski definition) is 3. The normalized spacial score (nSPS) is 45.5. The third kappa shape index (κ3) is 0.902. The summed E-state index contributed by atoms with van der Waals surface area (Å²) in [6, 6.07) is 0. The number of methoxy groups -OCH3 is 1. The van der Waals surface area contributed by atoms with Gasteiger partial charge in [-0.25, -0.2) is 4.79 Å². The largest absolute Gasteiger partial charge is 0.466 e. The van der Waals surface area contributed by atoms with Gasteiger partial charge in [0, 0.05) is 5.41 Å². The van der Waals surface area contributed by atoms with Gasteiger partial charge in [-0.3, -0.25) is 0 Å². The van der Waals surface area contributed by atoms with Crippen molar-refractivity contribution in [1.82, 2.24) is 0 Å². The predicted octanol–water partition coefficient (Wildman–Crippen LogP) is 2.22. The number of rotatable bonds is 1. The lowest BCUT2D eigenvalue weighted by Gasteiger charge is -2.46. The number of fused-ring (bicyclic) bond motifs is 1. The van der Waals surface area contributed by atoms with Crippen LogP contribution in [0.2, 0.25) is 0 Å². The molecule has 3 fully saturated rings.